The Balaban J connectivity index is 2.39. The molecule has 1 atom stereocenters. The van der Waals surface area contributed by atoms with Crippen LogP contribution in [-0.4, -0.2) is 5.91 Å². The van der Waals surface area contributed by atoms with Crippen molar-refractivity contribution in [2.75, 3.05) is 11.1 Å². The maximum Gasteiger partial charge on any atom is 0.250 e. The molecule has 0 saturated carbocycles. The Labute approximate surface area is 126 Å². The molecule has 0 aliphatic carbocycles. The monoisotopic (exact) mass is 309 g/mol. The van der Waals surface area contributed by atoms with Gasteiger partial charge >= 0.3 is 0 Å². The molecule has 0 aliphatic heterocycles. The largest absolute Gasteiger partial charge is 0.399 e. The van der Waals surface area contributed by atoms with Gasteiger partial charge < -0.3 is 16.8 Å². The van der Waals surface area contributed by atoms with E-state index in [1.165, 1.54) is 10.9 Å². The molecule has 2 rings (SSSR count). The van der Waals surface area contributed by atoms with Crippen molar-refractivity contribution < 1.29 is 4.79 Å². The third-order valence-electron chi connectivity index (χ3n) is 2.99. The molecule has 1 heterocycles. The van der Waals surface area contributed by atoms with E-state index in [0.717, 1.165) is 6.42 Å². The minimum absolute atomic E-state index is 0.0780. The SMILES string of the molecule is CCC(Nc1c(Cl)cc(N)cc1C(N)=O)c1cccs1. The number of carbonyl (C=O) groups is 1. The lowest BCUT2D eigenvalue weighted by atomic mass is 10.1. The normalized spacial score (nSPS) is 12.1. The fraction of sp³-hybridized carbons (Fsp3) is 0.214. The van der Waals surface area contributed by atoms with Crippen LogP contribution in [0.1, 0.15) is 34.6 Å². The second-order valence-electron chi connectivity index (χ2n) is 4.41. The number of thiophene rings is 1. The van der Waals surface area contributed by atoms with E-state index >= 15 is 0 Å². The molecule has 0 aliphatic rings. The van der Waals surface area contributed by atoms with Crippen molar-refractivity contribution in [2.24, 2.45) is 5.73 Å². The number of hydrogen-bond donors (Lipinski definition) is 3. The first-order valence-electron chi connectivity index (χ1n) is 6.21. The van der Waals surface area contributed by atoms with Crippen LogP contribution in [0.2, 0.25) is 5.02 Å². The van der Waals surface area contributed by atoms with Crippen LogP contribution >= 0.6 is 22.9 Å². The van der Waals surface area contributed by atoms with Crippen molar-refractivity contribution in [3.63, 3.8) is 0 Å². The standard InChI is InChI=1S/C14H16ClN3OS/c1-2-11(12-4-3-5-20-12)18-13-9(14(17)19)6-8(16)7-10(13)15/h3-7,11,18H,2,16H2,1H3,(H2,17,19). The van der Waals surface area contributed by atoms with Gasteiger partial charge in [0, 0.05) is 10.6 Å². The molecule has 1 unspecified atom stereocenters. The van der Waals surface area contributed by atoms with Crippen molar-refractivity contribution in [2.45, 2.75) is 19.4 Å². The van der Waals surface area contributed by atoms with Gasteiger partial charge in [0.05, 0.1) is 22.3 Å². The van der Waals surface area contributed by atoms with E-state index in [1.54, 1.807) is 17.4 Å². The molecule has 2 aromatic rings. The van der Waals surface area contributed by atoms with Gasteiger partial charge in [0.15, 0.2) is 0 Å². The summed E-state index contributed by atoms with van der Waals surface area (Å²) in [6.07, 6.45) is 0.861. The maximum absolute atomic E-state index is 11.6. The first-order chi connectivity index (χ1) is 9.52. The summed E-state index contributed by atoms with van der Waals surface area (Å²) in [6, 6.07) is 7.26. The van der Waals surface area contributed by atoms with Crippen LogP contribution in [0.25, 0.3) is 0 Å². The van der Waals surface area contributed by atoms with E-state index in [-0.39, 0.29) is 6.04 Å². The number of amides is 1. The van der Waals surface area contributed by atoms with Gasteiger partial charge in [0.2, 0.25) is 0 Å². The van der Waals surface area contributed by atoms with Gasteiger partial charge in [0.1, 0.15) is 0 Å². The van der Waals surface area contributed by atoms with Crippen molar-refractivity contribution in [1.29, 1.82) is 0 Å². The Morgan fingerprint density at radius 1 is 1.50 bits per heavy atom. The number of benzene rings is 1. The number of primary amides is 1. The Kier molecular flexibility index (Phi) is 4.52. The molecular weight excluding hydrogens is 294 g/mol. The minimum Gasteiger partial charge on any atom is -0.399 e. The molecule has 0 radical (unpaired) electrons. The predicted octanol–water partition coefficient (Wildman–Crippen LogP) is 3.65. The lowest BCUT2D eigenvalue weighted by Crippen LogP contribution is -2.17. The van der Waals surface area contributed by atoms with E-state index in [9.17, 15) is 4.79 Å². The summed E-state index contributed by atoms with van der Waals surface area (Å²) < 4.78 is 0. The number of nitrogens with two attached hydrogens (primary N) is 2. The van der Waals surface area contributed by atoms with Gasteiger partial charge in [-0.3, -0.25) is 4.79 Å². The van der Waals surface area contributed by atoms with Gasteiger partial charge in [-0.15, -0.1) is 11.3 Å². The Bertz CT molecular complexity index is 613. The quantitative estimate of drug-likeness (QED) is 0.737. The second kappa shape index (κ2) is 6.15. The van der Waals surface area contributed by atoms with Gasteiger partial charge in [-0.25, -0.2) is 0 Å². The predicted molar refractivity (Wildman–Crippen MR) is 85.4 cm³/mol. The van der Waals surface area contributed by atoms with Gasteiger partial charge in [-0.2, -0.15) is 0 Å². The smallest absolute Gasteiger partial charge is 0.250 e. The highest BCUT2D eigenvalue weighted by Gasteiger charge is 2.18. The summed E-state index contributed by atoms with van der Waals surface area (Å²) >= 11 is 7.85. The van der Waals surface area contributed by atoms with Gasteiger partial charge in [-0.1, -0.05) is 24.6 Å². The number of halogens is 1. The van der Waals surface area contributed by atoms with Crippen LogP contribution in [0.15, 0.2) is 29.6 Å². The van der Waals surface area contributed by atoms with Crippen molar-refractivity contribution in [1.82, 2.24) is 0 Å². The molecule has 0 fully saturated rings. The van der Waals surface area contributed by atoms with Crippen LogP contribution in [-0.2, 0) is 0 Å². The molecule has 6 heteroatoms. The third kappa shape index (κ3) is 3.05. The summed E-state index contributed by atoms with van der Waals surface area (Å²) in [5.41, 5.74) is 12.4. The number of rotatable bonds is 5. The molecule has 5 N–H and O–H groups in total. The van der Waals surface area contributed by atoms with Gasteiger partial charge in [0.25, 0.3) is 5.91 Å². The number of hydrogen-bond acceptors (Lipinski definition) is 4. The van der Waals surface area contributed by atoms with E-state index < -0.39 is 5.91 Å². The first-order valence-corrected chi connectivity index (χ1v) is 7.47. The molecule has 0 saturated heterocycles. The molecule has 0 spiro atoms. The summed E-state index contributed by atoms with van der Waals surface area (Å²) in [5.74, 6) is -0.553. The highest BCUT2D eigenvalue weighted by atomic mass is 35.5. The Hall–Kier alpha value is -1.72. The van der Waals surface area contributed by atoms with Crippen LogP contribution in [0.3, 0.4) is 0 Å². The zero-order valence-electron chi connectivity index (χ0n) is 11.0. The summed E-state index contributed by atoms with van der Waals surface area (Å²) in [6.45, 7) is 2.06. The highest BCUT2D eigenvalue weighted by Crippen LogP contribution is 2.34. The van der Waals surface area contributed by atoms with E-state index in [2.05, 4.69) is 12.2 Å². The van der Waals surface area contributed by atoms with Crippen LogP contribution in [0.4, 0.5) is 11.4 Å². The molecule has 1 amide bonds. The zero-order valence-corrected chi connectivity index (χ0v) is 12.6. The minimum atomic E-state index is -0.553. The summed E-state index contributed by atoms with van der Waals surface area (Å²) in [4.78, 5) is 12.7. The maximum atomic E-state index is 11.6. The molecular formula is C14H16ClN3OS. The Morgan fingerprint density at radius 3 is 2.80 bits per heavy atom. The molecule has 1 aromatic heterocycles. The number of nitrogens with one attached hydrogen (secondary N) is 1. The zero-order chi connectivity index (χ0) is 14.7. The van der Waals surface area contributed by atoms with Crippen molar-refractivity contribution in [3.05, 3.63) is 45.1 Å². The molecule has 106 valence electrons. The van der Waals surface area contributed by atoms with Crippen LogP contribution < -0.4 is 16.8 Å². The average molecular weight is 310 g/mol. The van der Waals surface area contributed by atoms with Crippen molar-refractivity contribution >= 4 is 40.2 Å². The van der Waals surface area contributed by atoms with E-state index in [4.69, 9.17) is 23.1 Å². The molecule has 4 nitrogen and oxygen atoms in total. The molecule has 1 aromatic carbocycles. The fourth-order valence-electron chi connectivity index (χ4n) is 2.01. The van der Waals surface area contributed by atoms with E-state index in [1.807, 2.05) is 17.5 Å². The van der Waals surface area contributed by atoms with Crippen LogP contribution in [0, 0.1) is 0 Å². The van der Waals surface area contributed by atoms with Crippen molar-refractivity contribution in [3.8, 4) is 0 Å². The fourth-order valence-corrected chi connectivity index (χ4v) is 3.15. The lowest BCUT2D eigenvalue weighted by Gasteiger charge is -2.20. The Morgan fingerprint density at radius 2 is 2.25 bits per heavy atom. The van der Waals surface area contributed by atoms with Gasteiger partial charge in [-0.05, 0) is 30.0 Å². The van der Waals surface area contributed by atoms with E-state index in [0.29, 0.717) is 22.0 Å². The second-order valence-corrected chi connectivity index (χ2v) is 5.80. The highest BCUT2D eigenvalue weighted by molar-refractivity contribution is 7.10. The third-order valence-corrected chi connectivity index (χ3v) is 4.28. The topological polar surface area (TPSA) is 81.1 Å². The average Bonchev–Trinajstić information content (AvgIpc) is 2.90. The number of anilines is 2. The molecule has 20 heavy (non-hydrogen) atoms. The number of nitrogen functional groups attached to an aromatic ring is 1. The number of carbonyl (C=O) groups excluding carboxylic acids is 1. The van der Waals surface area contributed by atoms with Crippen LogP contribution in [0.5, 0.6) is 0 Å². The molecule has 0 bridgehead atoms. The first kappa shape index (κ1) is 14.7. The summed E-state index contributed by atoms with van der Waals surface area (Å²) in [5, 5.41) is 5.71. The summed E-state index contributed by atoms with van der Waals surface area (Å²) in [7, 11) is 0. The lowest BCUT2D eigenvalue weighted by molar-refractivity contribution is 0.100.